The number of nitrogens with one attached hydrogen (secondary N) is 1. The molecule has 1 aliphatic rings. The Hall–Kier alpha value is -0.280. The van der Waals surface area contributed by atoms with Gasteiger partial charge in [-0.25, -0.2) is 0 Å². The molecule has 2 rings (SSSR count). The van der Waals surface area contributed by atoms with Crippen LogP contribution in [0.4, 0.5) is 0 Å². The van der Waals surface area contributed by atoms with Gasteiger partial charge in [0.05, 0.1) is 17.3 Å². The highest BCUT2D eigenvalue weighted by Crippen LogP contribution is 2.29. The topological polar surface area (TPSA) is 25.2 Å². The summed E-state index contributed by atoms with van der Waals surface area (Å²) in [5, 5.41) is 3.50. The summed E-state index contributed by atoms with van der Waals surface area (Å²) in [6.07, 6.45) is 5.89. The molecule has 1 unspecified atom stereocenters. The SMILES string of the molecule is CC(NCc1occc1Br)C1CCC1. The molecule has 3 heteroatoms. The van der Waals surface area contributed by atoms with Crippen molar-refractivity contribution in [2.75, 3.05) is 0 Å². The van der Waals surface area contributed by atoms with E-state index in [-0.39, 0.29) is 0 Å². The van der Waals surface area contributed by atoms with Crippen molar-refractivity contribution in [3.05, 3.63) is 22.6 Å². The van der Waals surface area contributed by atoms with Crippen molar-refractivity contribution >= 4 is 15.9 Å². The van der Waals surface area contributed by atoms with E-state index in [4.69, 9.17) is 4.42 Å². The molecule has 0 bridgehead atoms. The zero-order valence-electron chi connectivity index (χ0n) is 8.42. The van der Waals surface area contributed by atoms with Crippen LogP contribution in [0.1, 0.15) is 31.9 Å². The van der Waals surface area contributed by atoms with E-state index in [0.29, 0.717) is 6.04 Å². The van der Waals surface area contributed by atoms with Crippen LogP contribution in [0.5, 0.6) is 0 Å². The number of hydrogen-bond donors (Lipinski definition) is 1. The maximum atomic E-state index is 5.34. The van der Waals surface area contributed by atoms with E-state index in [0.717, 1.165) is 22.7 Å². The van der Waals surface area contributed by atoms with E-state index < -0.39 is 0 Å². The van der Waals surface area contributed by atoms with E-state index in [9.17, 15) is 0 Å². The van der Waals surface area contributed by atoms with Crippen LogP contribution in [0.2, 0.25) is 0 Å². The summed E-state index contributed by atoms with van der Waals surface area (Å²) in [5.41, 5.74) is 0. The maximum absolute atomic E-state index is 5.34. The Labute approximate surface area is 93.2 Å². The van der Waals surface area contributed by atoms with E-state index in [1.54, 1.807) is 6.26 Å². The molecule has 78 valence electrons. The fourth-order valence-corrected chi connectivity index (χ4v) is 2.15. The van der Waals surface area contributed by atoms with Crippen molar-refractivity contribution in [3.63, 3.8) is 0 Å². The summed E-state index contributed by atoms with van der Waals surface area (Å²) in [6.45, 7) is 3.09. The maximum Gasteiger partial charge on any atom is 0.131 e. The fourth-order valence-electron chi connectivity index (χ4n) is 1.81. The van der Waals surface area contributed by atoms with E-state index in [1.165, 1.54) is 19.3 Å². The van der Waals surface area contributed by atoms with Crippen molar-refractivity contribution in [1.29, 1.82) is 0 Å². The van der Waals surface area contributed by atoms with Crippen LogP contribution in [0.3, 0.4) is 0 Å². The minimum atomic E-state index is 0.612. The fraction of sp³-hybridized carbons (Fsp3) is 0.636. The molecule has 14 heavy (non-hydrogen) atoms. The van der Waals surface area contributed by atoms with Gasteiger partial charge in [-0.05, 0) is 47.7 Å². The molecule has 1 N–H and O–H groups in total. The molecule has 0 aliphatic heterocycles. The lowest BCUT2D eigenvalue weighted by atomic mass is 9.80. The van der Waals surface area contributed by atoms with Crippen LogP contribution in [-0.4, -0.2) is 6.04 Å². The van der Waals surface area contributed by atoms with Crippen LogP contribution in [0.15, 0.2) is 21.2 Å². The molecule has 0 radical (unpaired) electrons. The van der Waals surface area contributed by atoms with E-state index >= 15 is 0 Å². The van der Waals surface area contributed by atoms with Crippen LogP contribution < -0.4 is 5.32 Å². The lowest BCUT2D eigenvalue weighted by Gasteiger charge is -2.31. The van der Waals surface area contributed by atoms with Crippen molar-refractivity contribution < 1.29 is 4.42 Å². The van der Waals surface area contributed by atoms with Crippen molar-refractivity contribution in [3.8, 4) is 0 Å². The molecule has 1 saturated carbocycles. The lowest BCUT2D eigenvalue weighted by molar-refractivity contribution is 0.236. The smallest absolute Gasteiger partial charge is 0.131 e. The third-order valence-corrected chi connectivity index (χ3v) is 3.84. The number of halogens is 1. The van der Waals surface area contributed by atoms with Gasteiger partial charge in [-0.3, -0.25) is 0 Å². The summed E-state index contributed by atoms with van der Waals surface area (Å²) in [4.78, 5) is 0. The minimum Gasteiger partial charge on any atom is -0.467 e. The monoisotopic (exact) mass is 257 g/mol. The second-order valence-corrected chi connectivity index (χ2v) is 4.91. The predicted octanol–water partition coefficient (Wildman–Crippen LogP) is 3.32. The molecule has 2 nitrogen and oxygen atoms in total. The molecule has 1 aliphatic carbocycles. The molecule has 1 aromatic heterocycles. The number of rotatable bonds is 4. The first-order valence-electron chi connectivity index (χ1n) is 5.22. The first-order valence-corrected chi connectivity index (χ1v) is 6.02. The van der Waals surface area contributed by atoms with Gasteiger partial charge in [0.2, 0.25) is 0 Å². The summed E-state index contributed by atoms with van der Waals surface area (Å²) >= 11 is 3.45. The second-order valence-electron chi connectivity index (χ2n) is 4.05. The van der Waals surface area contributed by atoms with Gasteiger partial charge in [0, 0.05) is 6.04 Å². The highest BCUT2D eigenvalue weighted by atomic mass is 79.9. The summed E-state index contributed by atoms with van der Waals surface area (Å²) in [6, 6.07) is 2.55. The second kappa shape index (κ2) is 4.49. The number of furan rings is 1. The Morgan fingerprint density at radius 3 is 2.93 bits per heavy atom. The summed E-state index contributed by atoms with van der Waals surface area (Å²) < 4.78 is 6.40. The molecule has 1 heterocycles. The van der Waals surface area contributed by atoms with Gasteiger partial charge in [0.1, 0.15) is 5.76 Å². The Bertz CT molecular complexity index is 293. The van der Waals surface area contributed by atoms with Crippen LogP contribution in [0, 0.1) is 5.92 Å². The average molecular weight is 258 g/mol. The summed E-state index contributed by atoms with van der Waals surface area (Å²) in [5.74, 6) is 1.87. The first-order chi connectivity index (χ1) is 6.77. The Morgan fingerprint density at radius 1 is 1.64 bits per heavy atom. The number of hydrogen-bond acceptors (Lipinski definition) is 2. The van der Waals surface area contributed by atoms with Crippen molar-refractivity contribution in [2.24, 2.45) is 5.92 Å². The van der Waals surface area contributed by atoms with Gasteiger partial charge in [-0.2, -0.15) is 0 Å². The first kappa shape index (κ1) is 10.2. The van der Waals surface area contributed by atoms with Crippen LogP contribution in [-0.2, 0) is 6.54 Å². The van der Waals surface area contributed by atoms with Gasteiger partial charge in [-0.15, -0.1) is 0 Å². The molecule has 0 spiro atoms. The standard InChI is InChI=1S/C11H16BrNO/c1-8(9-3-2-4-9)13-7-11-10(12)5-6-14-11/h5-6,8-9,13H,2-4,7H2,1H3. The van der Waals surface area contributed by atoms with Gasteiger partial charge >= 0.3 is 0 Å². The Kier molecular flexibility index (Phi) is 3.29. The van der Waals surface area contributed by atoms with Crippen LogP contribution in [0.25, 0.3) is 0 Å². The van der Waals surface area contributed by atoms with E-state index in [2.05, 4.69) is 28.2 Å². The molecular formula is C11H16BrNO. The average Bonchev–Trinajstić information content (AvgIpc) is 2.44. The quantitative estimate of drug-likeness (QED) is 0.896. The third kappa shape index (κ3) is 2.20. The zero-order valence-corrected chi connectivity index (χ0v) is 10.0. The normalized spacial score (nSPS) is 19.3. The molecule has 1 fully saturated rings. The minimum absolute atomic E-state index is 0.612. The summed E-state index contributed by atoms with van der Waals surface area (Å²) in [7, 11) is 0. The van der Waals surface area contributed by atoms with Crippen LogP contribution >= 0.6 is 15.9 Å². The molecule has 0 amide bonds. The van der Waals surface area contributed by atoms with Gasteiger partial charge in [0.15, 0.2) is 0 Å². The van der Waals surface area contributed by atoms with E-state index in [1.807, 2.05) is 6.07 Å². The van der Waals surface area contributed by atoms with Gasteiger partial charge < -0.3 is 9.73 Å². The Balaban J connectivity index is 1.79. The largest absolute Gasteiger partial charge is 0.467 e. The molecule has 0 aromatic carbocycles. The highest BCUT2D eigenvalue weighted by Gasteiger charge is 2.23. The molecule has 1 atom stereocenters. The third-order valence-electron chi connectivity index (χ3n) is 3.13. The Morgan fingerprint density at radius 2 is 2.43 bits per heavy atom. The van der Waals surface area contributed by atoms with Crippen molar-refractivity contribution in [1.82, 2.24) is 5.32 Å². The predicted molar refractivity (Wildman–Crippen MR) is 60.1 cm³/mol. The highest BCUT2D eigenvalue weighted by molar-refractivity contribution is 9.10. The molecule has 1 aromatic rings. The lowest BCUT2D eigenvalue weighted by Crippen LogP contribution is -2.36. The molecular weight excluding hydrogens is 242 g/mol. The van der Waals surface area contributed by atoms with Crippen molar-refractivity contribution in [2.45, 2.75) is 38.8 Å². The molecule has 0 saturated heterocycles. The van der Waals surface area contributed by atoms with Gasteiger partial charge in [-0.1, -0.05) is 6.42 Å². The zero-order chi connectivity index (χ0) is 9.97. The van der Waals surface area contributed by atoms with Gasteiger partial charge in [0.25, 0.3) is 0 Å².